The van der Waals surface area contributed by atoms with Crippen LogP contribution < -0.4 is 10.1 Å². The number of anilines is 1. The van der Waals surface area contributed by atoms with Gasteiger partial charge < -0.3 is 14.6 Å². The second-order valence-corrected chi connectivity index (χ2v) is 7.81. The number of imidazole rings is 1. The zero-order valence-electron chi connectivity index (χ0n) is 17.7. The molecule has 1 N–H and O–H groups in total. The molecule has 6 nitrogen and oxygen atoms in total. The van der Waals surface area contributed by atoms with Crippen molar-refractivity contribution in [1.82, 2.24) is 14.5 Å². The summed E-state index contributed by atoms with van der Waals surface area (Å²) in [6, 6.07) is 9.66. The van der Waals surface area contributed by atoms with Crippen molar-refractivity contribution in [2.45, 2.75) is 53.0 Å². The lowest BCUT2D eigenvalue weighted by atomic mass is 10.1. The van der Waals surface area contributed by atoms with Crippen LogP contribution in [0.3, 0.4) is 0 Å². The first-order valence-corrected chi connectivity index (χ1v) is 10.2. The van der Waals surface area contributed by atoms with Crippen molar-refractivity contribution < 1.29 is 9.53 Å². The summed E-state index contributed by atoms with van der Waals surface area (Å²) in [5, 5.41) is 2.97. The van der Waals surface area contributed by atoms with Gasteiger partial charge in [0.25, 0.3) is 0 Å². The molecular weight excluding hydrogens is 364 g/mol. The molecule has 0 unspecified atom stereocenters. The Bertz CT molecular complexity index is 978. The van der Waals surface area contributed by atoms with E-state index in [1.54, 1.807) is 7.11 Å². The SMILES string of the molecule is COc1ccc(C)cc1NC(=O)CCCc1nc2cccnc2n1CCC(C)C. The van der Waals surface area contributed by atoms with Gasteiger partial charge in [-0.05, 0) is 55.5 Å². The molecule has 0 aliphatic heterocycles. The van der Waals surface area contributed by atoms with E-state index in [2.05, 4.69) is 28.7 Å². The van der Waals surface area contributed by atoms with Gasteiger partial charge in [-0.1, -0.05) is 19.9 Å². The van der Waals surface area contributed by atoms with Crippen LogP contribution >= 0.6 is 0 Å². The molecule has 1 aromatic carbocycles. The number of carbonyl (C=O) groups excluding carboxylic acids is 1. The van der Waals surface area contributed by atoms with Crippen LogP contribution in [-0.4, -0.2) is 27.6 Å². The predicted molar refractivity (Wildman–Crippen MR) is 116 cm³/mol. The van der Waals surface area contributed by atoms with Crippen LogP contribution in [0.15, 0.2) is 36.5 Å². The lowest BCUT2D eigenvalue weighted by Crippen LogP contribution is -2.13. The smallest absolute Gasteiger partial charge is 0.224 e. The lowest BCUT2D eigenvalue weighted by molar-refractivity contribution is -0.116. The summed E-state index contributed by atoms with van der Waals surface area (Å²) in [5.41, 5.74) is 3.63. The van der Waals surface area contributed by atoms with Crippen molar-refractivity contribution in [2.75, 3.05) is 12.4 Å². The second-order valence-electron chi connectivity index (χ2n) is 7.81. The molecule has 3 aromatic rings. The maximum Gasteiger partial charge on any atom is 0.224 e. The Balaban J connectivity index is 1.64. The van der Waals surface area contributed by atoms with Gasteiger partial charge in [-0.3, -0.25) is 4.79 Å². The molecule has 0 aliphatic rings. The Morgan fingerprint density at radius 2 is 2.10 bits per heavy atom. The molecule has 2 aromatic heterocycles. The van der Waals surface area contributed by atoms with Gasteiger partial charge >= 0.3 is 0 Å². The van der Waals surface area contributed by atoms with Crippen LogP contribution in [0.1, 0.15) is 44.5 Å². The summed E-state index contributed by atoms with van der Waals surface area (Å²) in [7, 11) is 1.61. The van der Waals surface area contributed by atoms with E-state index in [9.17, 15) is 4.79 Å². The number of aromatic nitrogens is 3. The fourth-order valence-corrected chi connectivity index (χ4v) is 3.36. The summed E-state index contributed by atoms with van der Waals surface area (Å²) in [6.45, 7) is 7.32. The molecule has 0 atom stereocenters. The van der Waals surface area contributed by atoms with Crippen LogP contribution in [0.2, 0.25) is 0 Å². The molecule has 0 fully saturated rings. The number of hydrogen-bond acceptors (Lipinski definition) is 4. The van der Waals surface area contributed by atoms with Crippen LogP contribution in [-0.2, 0) is 17.8 Å². The van der Waals surface area contributed by atoms with E-state index >= 15 is 0 Å². The van der Waals surface area contributed by atoms with Crippen molar-refractivity contribution >= 4 is 22.8 Å². The summed E-state index contributed by atoms with van der Waals surface area (Å²) in [5.74, 6) is 2.27. The number of benzene rings is 1. The lowest BCUT2D eigenvalue weighted by Gasteiger charge is -2.12. The van der Waals surface area contributed by atoms with Crippen molar-refractivity contribution in [3.8, 4) is 5.75 Å². The normalized spacial score (nSPS) is 11.2. The number of aryl methyl sites for hydroxylation is 3. The number of carbonyl (C=O) groups is 1. The number of nitrogens with one attached hydrogen (secondary N) is 1. The van der Waals surface area contributed by atoms with E-state index < -0.39 is 0 Å². The topological polar surface area (TPSA) is 69.0 Å². The third-order valence-corrected chi connectivity index (χ3v) is 4.95. The molecule has 154 valence electrons. The van der Waals surface area contributed by atoms with Gasteiger partial charge in [0, 0.05) is 25.6 Å². The minimum atomic E-state index is -0.0168. The first-order chi connectivity index (χ1) is 14.0. The number of methoxy groups -OCH3 is 1. The molecule has 0 saturated carbocycles. The number of rotatable bonds is 9. The van der Waals surface area contributed by atoms with E-state index in [-0.39, 0.29) is 5.91 Å². The Hall–Kier alpha value is -2.89. The van der Waals surface area contributed by atoms with E-state index in [1.807, 2.05) is 43.5 Å². The van der Waals surface area contributed by atoms with Crippen molar-refractivity contribution in [1.29, 1.82) is 0 Å². The highest BCUT2D eigenvalue weighted by atomic mass is 16.5. The van der Waals surface area contributed by atoms with E-state index in [1.165, 1.54) is 0 Å². The Morgan fingerprint density at radius 1 is 1.28 bits per heavy atom. The average Bonchev–Trinajstić information content (AvgIpc) is 3.04. The monoisotopic (exact) mass is 394 g/mol. The fraction of sp³-hybridized carbons (Fsp3) is 0.435. The second kappa shape index (κ2) is 9.54. The fourth-order valence-electron chi connectivity index (χ4n) is 3.36. The first-order valence-electron chi connectivity index (χ1n) is 10.2. The standard InChI is InChI=1S/C23H30N4O2/c1-16(2)12-14-27-21(25-18-7-6-13-24-23(18)27)8-5-9-22(28)26-19-15-17(3)10-11-20(19)29-4/h6-7,10-11,13,15-16H,5,8-9,12,14H2,1-4H3,(H,26,28). The highest BCUT2D eigenvalue weighted by Crippen LogP contribution is 2.25. The Labute approximate surface area is 172 Å². The van der Waals surface area contributed by atoms with E-state index in [4.69, 9.17) is 9.72 Å². The van der Waals surface area contributed by atoms with Gasteiger partial charge in [-0.15, -0.1) is 0 Å². The Morgan fingerprint density at radius 3 is 2.86 bits per heavy atom. The first kappa shape index (κ1) is 20.8. The minimum Gasteiger partial charge on any atom is -0.495 e. The van der Waals surface area contributed by atoms with Gasteiger partial charge in [-0.25, -0.2) is 9.97 Å². The molecule has 0 bridgehead atoms. The number of fused-ring (bicyclic) bond motifs is 1. The van der Waals surface area contributed by atoms with Gasteiger partial charge in [0.15, 0.2) is 5.65 Å². The molecule has 0 radical (unpaired) electrons. The maximum atomic E-state index is 12.4. The van der Waals surface area contributed by atoms with Crippen molar-refractivity contribution in [3.05, 3.63) is 47.9 Å². The van der Waals surface area contributed by atoms with Crippen molar-refractivity contribution in [3.63, 3.8) is 0 Å². The van der Waals surface area contributed by atoms with Gasteiger partial charge in [0.1, 0.15) is 17.1 Å². The maximum absolute atomic E-state index is 12.4. The van der Waals surface area contributed by atoms with Gasteiger partial charge in [-0.2, -0.15) is 0 Å². The average molecular weight is 395 g/mol. The van der Waals surface area contributed by atoms with Crippen LogP contribution in [0.25, 0.3) is 11.2 Å². The number of pyridine rings is 1. The molecule has 3 rings (SSSR count). The summed E-state index contributed by atoms with van der Waals surface area (Å²) in [6.07, 6.45) is 4.78. The van der Waals surface area contributed by atoms with Crippen LogP contribution in [0.4, 0.5) is 5.69 Å². The number of amides is 1. The van der Waals surface area contributed by atoms with Gasteiger partial charge in [0.05, 0.1) is 12.8 Å². The molecule has 1 amide bonds. The highest BCUT2D eigenvalue weighted by molar-refractivity contribution is 5.92. The molecular formula is C23H30N4O2. The molecule has 6 heteroatoms. The Kier molecular flexibility index (Phi) is 6.86. The molecule has 0 aliphatic carbocycles. The minimum absolute atomic E-state index is 0.0168. The molecule has 29 heavy (non-hydrogen) atoms. The highest BCUT2D eigenvalue weighted by Gasteiger charge is 2.13. The van der Waals surface area contributed by atoms with E-state index in [0.29, 0.717) is 23.8 Å². The third-order valence-electron chi connectivity index (χ3n) is 4.95. The predicted octanol–water partition coefficient (Wildman–Crippen LogP) is 4.76. The summed E-state index contributed by atoms with van der Waals surface area (Å²) in [4.78, 5) is 21.7. The summed E-state index contributed by atoms with van der Waals surface area (Å²) >= 11 is 0. The zero-order valence-corrected chi connectivity index (χ0v) is 17.7. The molecule has 0 spiro atoms. The largest absolute Gasteiger partial charge is 0.495 e. The number of hydrogen-bond donors (Lipinski definition) is 1. The molecule has 0 saturated heterocycles. The number of ether oxygens (including phenoxy) is 1. The van der Waals surface area contributed by atoms with Gasteiger partial charge in [0.2, 0.25) is 5.91 Å². The zero-order chi connectivity index (χ0) is 20.8. The van der Waals surface area contributed by atoms with Crippen LogP contribution in [0, 0.1) is 12.8 Å². The third kappa shape index (κ3) is 5.34. The van der Waals surface area contributed by atoms with Crippen molar-refractivity contribution in [2.24, 2.45) is 5.92 Å². The van der Waals surface area contributed by atoms with E-state index in [0.717, 1.165) is 48.4 Å². The number of nitrogens with zero attached hydrogens (tertiary/aromatic N) is 3. The molecule has 2 heterocycles. The quantitative estimate of drug-likeness (QED) is 0.568. The van der Waals surface area contributed by atoms with Crippen LogP contribution in [0.5, 0.6) is 5.75 Å². The summed E-state index contributed by atoms with van der Waals surface area (Å²) < 4.78 is 7.54.